The quantitative estimate of drug-likeness (QED) is 0.909. The molecule has 1 fully saturated rings. The molecule has 2 rings (SSSR count). The molecule has 0 bridgehead atoms. The number of aryl methyl sites for hydroxylation is 1. The van der Waals surface area contributed by atoms with Crippen molar-refractivity contribution >= 4 is 9.84 Å². The van der Waals surface area contributed by atoms with E-state index in [4.69, 9.17) is 0 Å². The first-order valence-electron chi connectivity index (χ1n) is 7.91. The van der Waals surface area contributed by atoms with Gasteiger partial charge in [-0.25, -0.2) is 8.42 Å². The first kappa shape index (κ1) is 16.5. The maximum Gasteiger partial charge on any atom is 0.158 e. The molecule has 1 aliphatic rings. The van der Waals surface area contributed by atoms with Gasteiger partial charge in [0.05, 0.1) is 11.0 Å². The van der Waals surface area contributed by atoms with Gasteiger partial charge in [-0.2, -0.15) is 0 Å². The highest BCUT2D eigenvalue weighted by molar-refractivity contribution is 7.91. The Morgan fingerprint density at radius 2 is 1.95 bits per heavy atom. The fourth-order valence-electron chi connectivity index (χ4n) is 3.41. The molecule has 21 heavy (non-hydrogen) atoms. The van der Waals surface area contributed by atoms with E-state index in [1.54, 1.807) is 0 Å². The van der Waals surface area contributed by atoms with Crippen LogP contribution in [0.5, 0.6) is 0 Å². The molecule has 1 aliphatic carbocycles. The Balaban J connectivity index is 2.22. The third-order valence-electron chi connectivity index (χ3n) is 4.93. The lowest BCUT2D eigenvalue weighted by molar-refractivity contribution is 0.296. The zero-order chi connectivity index (χ0) is 15.5. The molecule has 0 aromatic heterocycles. The van der Waals surface area contributed by atoms with Gasteiger partial charge in [-0.1, -0.05) is 37.6 Å². The van der Waals surface area contributed by atoms with Crippen LogP contribution in [-0.4, -0.2) is 26.8 Å². The topological polar surface area (TPSA) is 46.2 Å². The van der Waals surface area contributed by atoms with Crippen LogP contribution in [0.15, 0.2) is 24.3 Å². The molecule has 0 spiro atoms. The highest BCUT2D eigenvalue weighted by Crippen LogP contribution is 2.32. The monoisotopic (exact) mass is 309 g/mol. The van der Waals surface area contributed by atoms with Crippen LogP contribution >= 0.6 is 0 Å². The third-order valence-corrected chi connectivity index (χ3v) is 7.08. The molecular formula is C17H27NO2S. The minimum Gasteiger partial charge on any atom is -0.316 e. The van der Waals surface area contributed by atoms with Crippen molar-refractivity contribution in [2.75, 3.05) is 7.05 Å². The second-order valence-electron chi connectivity index (χ2n) is 6.25. The molecule has 1 N–H and O–H groups in total. The fraction of sp³-hybridized carbons (Fsp3) is 0.647. The summed E-state index contributed by atoms with van der Waals surface area (Å²) < 4.78 is 25.8. The Hall–Kier alpha value is -0.870. The molecule has 0 amide bonds. The summed E-state index contributed by atoms with van der Waals surface area (Å²) in [6.45, 7) is 4.14. The second-order valence-corrected chi connectivity index (χ2v) is 8.47. The zero-order valence-electron chi connectivity index (χ0n) is 13.3. The standard InChI is InChI=1S/C17H27NO2S/c1-4-14-9-10-16(18-3)17(11-14)21(19,20)12-15-8-6-5-7-13(15)2/h5-8,14,16-18H,4,9-12H2,1-3H3. The van der Waals surface area contributed by atoms with Gasteiger partial charge in [0.15, 0.2) is 9.84 Å². The Labute approximate surface area is 129 Å². The molecule has 1 aromatic rings. The number of nitrogens with one attached hydrogen (secondary N) is 1. The minimum absolute atomic E-state index is 0.0989. The van der Waals surface area contributed by atoms with Crippen LogP contribution in [0.3, 0.4) is 0 Å². The molecule has 3 nitrogen and oxygen atoms in total. The SMILES string of the molecule is CCC1CCC(NC)C(S(=O)(=O)Cc2ccccc2C)C1. The van der Waals surface area contributed by atoms with Crippen molar-refractivity contribution in [3.63, 3.8) is 0 Å². The molecule has 0 aliphatic heterocycles. The summed E-state index contributed by atoms with van der Waals surface area (Å²) in [6, 6.07) is 7.89. The number of rotatable bonds is 5. The van der Waals surface area contributed by atoms with Crippen LogP contribution in [-0.2, 0) is 15.6 Å². The van der Waals surface area contributed by atoms with Crippen LogP contribution in [0, 0.1) is 12.8 Å². The Bertz CT molecular complexity index is 568. The van der Waals surface area contributed by atoms with E-state index >= 15 is 0 Å². The average Bonchev–Trinajstić information content (AvgIpc) is 2.48. The summed E-state index contributed by atoms with van der Waals surface area (Å²) in [5.41, 5.74) is 2.00. The van der Waals surface area contributed by atoms with Crippen molar-refractivity contribution in [2.24, 2.45) is 5.92 Å². The summed E-state index contributed by atoms with van der Waals surface area (Å²) in [6.07, 6.45) is 3.98. The summed E-state index contributed by atoms with van der Waals surface area (Å²) in [4.78, 5) is 0. The van der Waals surface area contributed by atoms with Gasteiger partial charge in [0.25, 0.3) is 0 Å². The van der Waals surface area contributed by atoms with Gasteiger partial charge in [-0.3, -0.25) is 0 Å². The van der Waals surface area contributed by atoms with Gasteiger partial charge in [-0.05, 0) is 50.3 Å². The van der Waals surface area contributed by atoms with Crippen molar-refractivity contribution in [3.8, 4) is 0 Å². The summed E-state index contributed by atoms with van der Waals surface area (Å²) in [5.74, 6) is 0.713. The molecule has 0 heterocycles. The van der Waals surface area contributed by atoms with E-state index in [0.29, 0.717) is 5.92 Å². The molecule has 4 heteroatoms. The van der Waals surface area contributed by atoms with Crippen molar-refractivity contribution in [3.05, 3.63) is 35.4 Å². The first-order chi connectivity index (χ1) is 9.97. The van der Waals surface area contributed by atoms with Crippen molar-refractivity contribution < 1.29 is 8.42 Å². The van der Waals surface area contributed by atoms with Crippen LogP contribution in [0.25, 0.3) is 0 Å². The molecule has 1 aromatic carbocycles. The van der Waals surface area contributed by atoms with Crippen molar-refractivity contribution in [2.45, 2.75) is 56.6 Å². The van der Waals surface area contributed by atoms with E-state index in [-0.39, 0.29) is 17.0 Å². The lowest BCUT2D eigenvalue weighted by Crippen LogP contribution is -2.47. The molecule has 3 unspecified atom stereocenters. The Kier molecular flexibility index (Phi) is 5.44. The Morgan fingerprint density at radius 3 is 2.57 bits per heavy atom. The van der Waals surface area contributed by atoms with Crippen LogP contribution in [0.4, 0.5) is 0 Å². The van der Waals surface area contributed by atoms with Gasteiger partial charge in [-0.15, -0.1) is 0 Å². The predicted octanol–water partition coefficient (Wildman–Crippen LogP) is 3.08. The van der Waals surface area contributed by atoms with E-state index in [1.807, 2.05) is 38.2 Å². The summed E-state index contributed by atoms with van der Waals surface area (Å²) in [5, 5.41) is 2.98. The third kappa shape index (κ3) is 3.86. The maximum absolute atomic E-state index is 12.9. The fourth-order valence-corrected chi connectivity index (χ4v) is 5.72. The largest absolute Gasteiger partial charge is 0.316 e. The van der Waals surface area contributed by atoms with Gasteiger partial charge < -0.3 is 5.32 Å². The molecular weight excluding hydrogens is 282 g/mol. The van der Waals surface area contributed by atoms with Gasteiger partial charge in [0, 0.05) is 6.04 Å². The number of sulfone groups is 1. The summed E-state index contributed by atoms with van der Waals surface area (Å²) >= 11 is 0. The van der Waals surface area contributed by atoms with Crippen LogP contribution < -0.4 is 5.32 Å². The highest BCUT2D eigenvalue weighted by Gasteiger charge is 2.37. The Morgan fingerprint density at radius 1 is 1.24 bits per heavy atom. The van der Waals surface area contributed by atoms with Gasteiger partial charge in [0.1, 0.15) is 0 Å². The molecule has 0 radical (unpaired) electrons. The van der Waals surface area contributed by atoms with Crippen molar-refractivity contribution in [1.82, 2.24) is 5.32 Å². The second kappa shape index (κ2) is 6.93. The molecule has 118 valence electrons. The van der Waals surface area contributed by atoms with E-state index in [9.17, 15) is 8.42 Å². The summed E-state index contributed by atoms with van der Waals surface area (Å²) in [7, 11) is -1.24. The first-order valence-corrected chi connectivity index (χ1v) is 9.62. The number of hydrogen-bond acceptors (Lipinski definition) is 3. The number of hydrogen-bond donors (Lipinski definition) is 1. The molecule has 0 saturated heterocycles. The van der Waals surface area contributed by atoms with Gasteiger partial charge in [0.2, 0.25) is 0 Å². The van der Waals surface area contributed by atoms with Crippen LogP contribution in [0.1, 0.15) is 43.7 Å². The average molecular weight is 309 g/mol. The van der Waals surface area contributed by atoms with Gasteiger partial charge >= 0.3 is 0 Å². The number of benzene rings is 1. The lowest BCUT2D eigenvalue weighted by atomic mass is 9.84. The maximum atomic E-state index is 12.9. The minimum atomic E-state index is -3.13. The molecule has 1 saturated carbocycles. The van der Waals surface area contributed by atoms with E-state index in [2.05, 4.69) is 12.2 Å². The van der Waals surface area contributed by atoms with Crippen LogP contribution in [0.2, 0.25) is 0 Å². The van der Waals surface area contributed by atoms with E-state index in [0.717, 1.165) is 36.8 Å². The molecule has 3 atom stereocenters. The predicted molar refractivity (Wildman–Crippen MR) is 88.1 cm³/mol. The smallest absolute Gasteiger partial charge is 0.158 e. The zero-order valence-corrected chi connectivity index (χ0v) is 14.1. The normalized spacial score (nSPS) is 26.7. The highest BCUT2D eigenvalue weighted by atomic mass is 32.2. The van der Waals surface area contributed by atoms with E-state index in [1.165, 1.54) is 0 Å². The van der Waals surface area contributed by atoms with E-state index < -0.39 is 9.84 Å². The van der Waals surface area contributed by atoms with Crippen molar-refractivity contribution in [1.29, 1.82) is 0 Å². The lowest BCUT2D eigenvalue weighted by Gasteiger charge is -2.35.